The van der Waals surface area contributed by atoms with Crippen molar-refractivity contribution in [2.45, 2.75) is 19.9 Å². The average Bonchev–Trinajstić information content (AvgIpc) is 2.37. The van der Waals surface area contributed by atoms with Gasteiger partial charge in [-0.15, -0.1) is 0 Å². The molecule has 0 radical (unpaired) electrons. The SMILES string of the molecule is C=C(Cl)COc1ccc(CNCCC)cc1[N+](=O)[O-]. The normalized spacial score (nSPS) is 10.2. The fraction of sp³-hybridized carbons (Fsp3) is 0.385. The van der Waals surface area contributed by atoms with Crippen molar-refractivity contribution in [1.82, 2.24) is 5.32 Å². The van der Waals surface area contributed by atoms with E-state index in [-0.39, 0.29) is 18.0 Å². The molecule has 0 atom stereocenters. The van der Waals surface area contributed by atoms with Crippen LogP contribution in [0.25, 0.3) is 0 Å². The van der Waals surface area contributed by atoms with E-state index < -0.39 is 4.92 Å². The van der Waals surface area contributed by atoms with E-state index in [0.29, 0.717) is 11.6 Å². The first-order chi connectivity index (χ1) is 9.04. The predicted octanol–water partition coefficient (Wildman–Crippen LogP) is 3.23. The Balaban J connectivity index is 2.82. The molecule has 104 valence electrons. The lowest BCUT2D eigenvalue weighted by Gasteiger charge is -2.08. The maximum atomic E-state index is 11.0. The van der Waals surface area contributed by atoms with Gasteiger partial charge in [0.1, 0.15) is 6.61 Å². The first-order valence-electron chi connectivity index (χ1n) is 5.98. The van der Waals surface area contributed by atoms with E-state index in [0.717, 1.165) is 18.5 Å². The zero-order valence-electron chi connectivity index (χ0n) is 10.8. The molecule has 0 spiro atoms. The van der Waals surface area contributed by atoms with Crippen LogP contribution in [-0.4, -0.2) is 18.1 Å². The first kappa shape index (κ1) is 15.5. The van der Waals surface area contributed by atoms with E-state index in [1.165, 1.54) is 6.07 Å². The van der Waals surface area contributed by atoms with Gasteiger partial charge in [0.2, 0.25) is 0 Å². The number of nitrogens with zero attached hydrogens (tertiary/aromatic N) is 1. The van der Waals surface area contributed by atoms with E-state index in [2.05, 4.69) is 18.8 Å². The molecule has 6 heteroatoms. The van der Waals surface area contributed by atoms with Gasteiger partial charge in [0.25, 0.3) is 0 Å². The van der Waals surface area contributed by atoms with E-state index in [9.17, 15) is 10.1 Å². The molecule has 1 N–H and O–H groups in total. The van der Waals surface area contributed by atoms with Crippen molar-refractivity contribution in [3.05, 3.63) is 45.5 Å². The molecule has 0 amide bonds. The molecule has 0 saturated carbocycles. The Kier molecular flexibility index (Phi) is 6.32. The summed E-state index contributed by atoms with van der Waals surface area (Å²) in [5.74, 6) is 0.200. The number of rotatable bonds is 8. The third kappa shape index (κ3) is 5.28. The summed E-state index contributed by atoms with van der Waals surface area (Å²) < 4.78 is 5.25. The highest BCUT2D eigenvalue weighted by molar-refractivity contribution is 6.29. The van der Waals surface area contributed by atoms with Crippen molar-refractivity contribution < 1.29 is 9.66 Å². The molecule has 0 unspecified atom stereocenters. The Labute approximate surface area is 117 Å². The molecule has 0 bridgehead atoms. The molecule has 5 nitrogen and oxygen atoms in total. The zero-order valence-corrected chi connectivity index (χ0v) is 11.6. The third-order valence-electron chi connectivity index (χ3n) is 2.36. The molecule has 0 aliphatic rings. The number of nitro benzene ring substituents is 1. The number of hydrogen-bond donors (Lipinski definition) is 1. The number of nitrogens with one attached hydrogen (secondary N) is 1. The highest BCUT2D eigenvalue weighted by atomic mass is 35.5. The summed E-state index contributed by atoms with van der Waals surface area (Å²) >= 11 is 5.58. The van der Waals surface area contributed by atoms with Crippen LogP contribution >= 0.6 is 11.6 Å². The number of halogens is 1. The highest BCUT2D eigenvalue weighted by Gasteiger charge is 2.16. The van der Waals surface area contributed by atoms with Crippen molar-refractivity contribution in [2.24, 2.45) is 0 Å². The molecular weight excluding hydrogens is 268 g/mol. The minimum atomic E-state index is -0.463. The van der Waals surface area contributed by atoms with Crippen LogP contribution in [0, 0.1) is 10.1 Å². The van der Waals surface area contributed by atoms with Gasteiger partial charge >= 0.3 is 5.69 Å². The lowest BCUT2D eigenvalue weighted by molar-refractivity contribution is -0.385. The van der Waals surface area contributed by atoms with Gasteiger partial charge in [0.15, 0.2) is 5.75 Å². The average molecular weight is 285 g/mol. The van der Waals surface area contributed by atoms with Crippen LogP contribution < -0.4 is 10.1 Å². The van der Waals surface area contributed by atoms with Gasteiger partial charge in [-0.05, 0) is 24.6 Å². The Hall–Kier alpha value is -1.59. The van der Waals surface area contributed by atoms with Gasteiger partial charge in [-0.1, -0.05) is 31.2 Å². The predicted molar refractivity (Wildman–Crippen MR) is 75.6 cm³/mol. The molecule has 0 aliphatic heterocycles. The molecule has 0 aromatic heterocycles. The Morgan fingerprint density at radius 2 is 2.32 bits per heavy atom. The summed E-state index contributed by atoms with van der Waals surface area (Å²) in [4.78, 5) is 10.5. The Morgan fingerprint density at radius 3 is 2.89 bits per heavy atom. The van der Waals surface area contributed by atoms with Crippen LogP contribution in [-0.2, 0) is 6.54 Å². The standard InChI is InChI=1S/C13H17ClN2O3/c1-3-6-15-8-11-4-5-13(19-9-10(2)14)12(7-11)16(17)18/h4-5,7,15H,2-3,6,8-9H2,1H3. The van der Waals surface area contributed by atoms with Crippen LogP contribution in [0.4, 0.5) is 5.69 Å². The fourth-order valence-electron chi connectivity index (χ4n) is 1.50. The summed E-state index contributed by atoms with van der Waals surface area (Å²) in [6.45, 7) is 7.05. The van der Waals surface area contributed by atoms with Crippen LogP contribution in [0.3, 0.4) is 0 Å². The first-order valence-corrected chi connectivity index (χ1v) is 6.36. The second-order valence-electron chi connectivity index (χ2n) is 4.04. The number of benzene rings is 1. The lowest BCUT2D eigenvalue weighted by Crippen LogP contribution is -2.14. The Morgan fingerprint density at radius 1 is 1.58 bits per heavy atom. The monoisotopic (exact) mass is 284 g/mol. The molecule has 0 heterocycles. The molecule has 1 aromatic rings. The van der Waals surface area contributed by atoms with Crippen LogP contribution in [0.1, 0.15) is 18.9 Å². The van der Waals surface area contributed by atoms with Crippen molar-refractivity contribution in [1.29, 1.82) is 0 Å². The Bertz CT molecular complexity index is 463. The summed E-state index contributed by atoms with van der Waals surface area (Å²) in [7, 11) is 0. The number of nitro groups is 1. The molecular formula is C13H17ClN2O3. The maximum absolute atomic E-state index is 11.0. The van der Waals surface area contributed by atoms with Crippen molar-refractivity contribution in [2.75, 3.05) is 13.2 Å². The molecule has 0 fully saturated rings. The molecule has 1 aromatic carbocycles. The molecule has 0 saturated heterocycles. The number of ether oxygens (including phenoxy) is 1. The van der Waals surface area contributed by atoms with E-state index in [4.69, 9.17) is 16.3 Å². The topological polar surface area (TPSA) is 64.4 Å². The van der Waals surface area contributed by atoms with Gasteiger partial charge < -0.3 is 10.1 Å². The summed E-state index contributed by atoms with van der Waals surface area (Å²) in [6, 6.07) is 4.89. The molecule has 1 rings (SSSR count). The van der Waals surface area contributed by atoms with Crippen molar-refractivity contribution in [3.8, 4) is 5.75 Å². The minimum absolute atomic E-state index is 0.0514. The maximum Gasteiger partial charge on any atom is 0.311 e. The van der Waals surface area contributed by atoms with Gasteiger partial charge in [-0.3, -0.25) is 10.1 Å². The van der Waals surface area contributed by atoms with E-state index >= 15 is 0 Å². The van der Waals surface area contributed by atoms with Crippen LogP contribution in [0.15, 0.2) is 29.8 Å². The minimum Gasteiger partial charge on any atom is -0.481 e. The van der Waals surface area contributed by atoms with Crippen molar-refractivity contribution >= 4 is 17.3 Å². The smallest absolute Gasteiger partial charge is 0.311 e. The quantitative estimate of drug-likeness (QED) is 0.452. The van der Waals surface area contributed by atoms with Crippen molar-refractivity contribution in [3.63, 3.8) is 0 Å². The lowest BCUT2D eigenvalue weighted by atomic mass is 10.2. The second kappa shape index (κ2) is 7.76. The van der Waals surface area contributed by atoms with Crippen LogP contribution in [0.2, 0.25) is 0 Å². The molecule has 0 aliphatic carbocycles. The fourth-order valence-corrected chi connectivity index (χ4v) is 1.56. The van der Waals surface area contributed by atoms with Gasteiger partial charge in [-0.25, -0.2) is 0 Å². The summed E-state index contributed by atoms with van der Waals surface area (Å²) in [5.41, 5.74) is 0.783. The highest BCUT2D eigenvalue weighted by Crippen LogP contribution is 2.28. The van der Waals surface area contributed by atoms with E-state index in [1.807, 2.05) is 0 Å². The van der Waals surface area contributed by atoms with E-state index in [1.54, 1.807) is 12.1 Å². The van der Waals surface area contributed by atoms with Gasteiger partial charge in [-0.2, -0.15) is 0 Å². The largest absolute Gasteiger partial charge is 0.481 e. The van der Waals surface area contributed by atoms with Gasteiger partial charge in [0, 0.05) is 17.6 Å². The van der Waals surface area contributed by atoms with Gasteiger partial charge in [0.05, 0.1) is 4.92 Å². The summed E-state index contributed by atoms with van der Waals surface area (Å²) in [6.07, 6.45) is 1.02. The molecule has 19 heavy (non-hydrogen) atoms. The zero-order chi connectivity index (χ0) is 14.3. The third-order valence-corrected chi connectivity index (χ3v) is 2.47. The summed E-state index contributed by atoms with van der Waals surface area (Å²) in [5, 5.41) is 14.5. The van der Waals surface area contributed by atoms with Crippen LogP contribution in [0.5, 0.6) is 5.75 Å². The second-order valence-corrected chi connectivity index (χ2v) is 4.58. The number of hydrogen-bond acceptors (Lipinski definition) is 4.